The third-order valence-corrected chi connectivity index (χ3v) is 13.1. The van der Waals surface area contributed by atoms with E-state index in [2.05, 4.69) is 51.1 Å². The van der Waals surface area contributed by atoms with Crippen molar-refractivity contribution in [2.75, 3.05) is 32.2 Å². The SMILES string of the molecule is CC(COCCCS(=O)(=O)O)OCCn1cc(-c2nn(C3CCCCO3)c3ccc(O[Si](C)(C)C(C)(C)C)cc23)cn1. The monoisotopic (exact) mass is 622 g/mol. The second-order valence-corrected chi connectivity index (χ2v) is 18.8. The van der Waals surface area contributed by atoms with Gasteiger partial charge in [0.1, 0.15) is 11.4 Å². The van der Waals surface area contributed by atoms with Crippen molar-refractivity contribution < 1.29 is 31.6 Å². The van der Waals surface area contributed by atoms with Gasteiger partial charge in [-0.15, -0.1) is 0 Å². The van der Waals surface area contributed by atoms with Crippen molar-refractivity contribution in [2.45, 2.75) is 90.4 Å². The van der Waals surface area contributed by atoms with Gasteiger partial charge in [0, 0.05) is 30.4 Å². The Morgan fingerprint density at radius 1 is 1.21 bits per heavy atom. The Morgan fingerprint density at radius 2 is 2.00 bits per heavy atom. The maximum absolute atomic E-state index is 10.8. The molecule has 0 amide bonds. The minimum absolute atomic E-state index is 0.0842. The van der Waals surface area contributed by atoms with Crippen LogP contribution in [0.15, 0.2) is 30.6 Å². The molecule has 1 aromatic carbocycles. The van der Waals surface area contributed by atoms with Crippen molar-refractivity contribution in [1.29, 1.82) is 0 Å². The molecule has 0 aliphatic carbocycles. The van der Waals surface area contributed by atoms with Gasteiger partial charge in [-0.1, -0.05) is 20.8 Å². The molecule has 2 atom stereocenters. The lowest BCUT2D eigenvalue weighted by Gasteiger charge is -2.36. The zero-order valence-corrected chi connectivity index (χ0v) is 27.5. The molecule has 0 saturated carbocycles. The van der Waals surface area contributed by atoms with E-state index in [4.69, 9.17) is 28.3 Å². The van der Waals surface area contributed by atoms with Crippen LogP contribution in [-0.2, 0) is 30.9 Å². The highest BCUT2D eigenvalue weighted by Gasteiger charge is 2.39. The van der Waals surface area contributed by atoms with Gasteiger partial charge in [0.2, 0.25) is 8.32 Å². The minimum Gasteiger partial charge on any atom is -0.543 e. The number of ether oxygens (including phenoxy) is 3. The topological polar surface area (TPSA) is 127 Å². The van der Waals surface area contributed by atoms with Crippen LogP contribution in [0.4, 0.5) is 0 Å². The summed E-state index contributed by atoms with van der Waals surface area (Å²) in [6, 6.07) is 6.25. The average molecular weight is 623 g/mol. The summed E-state index contributed by atoms with van der Waals surface area (Å²) in [6.45, 7) is 15.4. The molecule has 3 heterocycles. The summed E-state index contributed by atoms with van der Waals surface area (Å²) in [4.78, 5) is 0. The van der Waals surface area contributed by atoms with E-state index in [-0.39, 0.29) is 36.2 Å². The molecule has 11 nitrogen and oxygen atoms in total. The first-order valence-electron chi connectivity index (χ1n) is 14.7. The van der Waals surface area contributed by atoms with Gasteiger partial charge in [-0.2, -0.15) is 18.6 Å². The first kappa shape index (κ1) is 32.6. The fourth-order valence-corrected chi connectivity index (χ4v) is 6.08. The molecule has 13 heteroatoms. The van der Waals surface area contributed by atoms with Crippen molar-refractivity contribution >= 4 is 29.3 Å². The van der Waals surface area contributed by atoms with Crippen LogP contribution in [0.25, 0.3) is 22.2 Å². The molecule has 0 radical (unpaired) electrons. The maximum atomic E-state index is 10.8. The molecule has 2 aromatic heterocycles. The van der Waals surface area contributed by atoms with Crippen molar-refractivity contribution in [3.8, 4) is 17.0 Å². The van der Waals surface area contributed by atoms with Crippen molar-refractivity contribution in [3.63, 3.8) is 0 Å². The Balaban J connectivity index is 1.45. The van der Waals surface area contributed by atoms with Crippen molar-refractivity contribution in [2.24, 2.45) is 0 Å². The smallest absolute Gasteiger partial charge is 0.264 e. The Kier molecular flexibility index (Phi) is 10.5. The molecule has 3 aromatic rings. The first-order chi connectivity index (χ1) is 19.7. The lowest BCUT2D eigenvalue weighted by Crippen LogP contribution is -2.43. The van der Waals surface area contributed by atoms with Crippen LogP contribution in [0.5, 0.6) is 5.75 Å². The fourth-order valence-electron chi connectivity index (χ4n) is 4.58. The van der Waals surface area contributed by atoms with Gasteiger partial charge in [0.25, 0.3) is 10.1 Å². The first-order valence-corrected chi connectivity index (χ1v) is 19.3. The van der Waals surface area contributed by atoms with Gasteiger partial charge in [-0.05, 0) is 68.9 Å². The number of nitrogens with zero attached hydrogens (tertiary/aromatic N) is 4. The van der Waals surface area contributed by atoms with E-state index in [0.29, 0.717) is 19.8 Å². The molecule has 1 saturated heterocycles. The zero-order chi connectivity index (χ0) is 30.5. The second kappa shape index (κ2) is 13.6. The predicted octanol–water partition coefficient (Wildman–Crippen LogP) is 5.68. The van der Waals surface area contributed by atoms with E-state index in [1.54, 1.807) is 0 Å². The standard InChI is InChI=1S/C29H46N4O7SSi/c1-22(21-37-14-9-17-41(34,35)36)38-16-13-32-20-23(19-30-32)28-25-18-24(40-42(5,6)29(2,3)4)11-12-26(25)33(31-28)27-10-7-8-15-39-27/h11-12,18-20,22,27H,7-10,13-17,21H2,1-6H3,(H,34,35,36). The third-order valence-electron chi connectivity index (χ3n) is 7.96. The van der Waals surface area contributed by atoms with Crippen LogP contribution in [0.3, 0.4) is 0 Å². The molecule has 1 N–H and O–H groups in total. The van der Waals surface area contributed by atoms with E-state index in [1.165, 1.54) is 0 Å². The maximum Gasteiger partial charge on any atom is 0.264 e. The quantitative estimate of drug-likeness (QED) is 0.137. The van der Waals surface area contributed by atoms with Gasteiger partial charge in [0.15, 0.2) is 6.23 Å². The van der Waals surface area contributed by atoms with Crippen molar-refractivity contribution in [1.82, 2.24) is 19.6 Å². The van der Waals surface area contributed by atoms with Crippen LogP contribution < -0.4 is 4.43 Å². The summed E-state index contributed by atoms with van der Waals surface area (Å²) < 4.78 is 58.3. The molecule has 42 heavy (non-hydrogen) atoms. The van der Waals surface area contributed by atoms with Crippen LogP contribution in [0, 0.1) is 0 Å². The van der Waals surface area contributed by atoms with Gasteiger partial charge in [-0.25, -0.2) is 4.68 Å². The van der Waals surface area contributed by atoms with Gasteiger partial charge in [0.05, 0.1) is 43.3 Å². The molecule has 1 fully saturated rings. The number of aromatic nitrogens is 4. The number of rotatable bonds is 14. The Labute approximate surface area is 250 Å². The Bertz CT molecular complexity index is 1430. The predicted molar refractivity (Wildman–Crippen MR) is 165 cm³/mol. The van der Waals surface area contributed by atoms with Crippen LogP contribution >= 0.6 is 0 Å². The highest BCUT2D eigenvalue weighted by atomic mass is 32.2. The van der Waals surface area contributed by atoms with Crippen molar-refractivity contribution in [3.05, 3.63) is 30.6 Å². The highest BCUT2D eigenvalue weighted by molar-refractivity contribution is 7.85. The third kappa shape index (κ3) is 8.63. The molecule has 1 aliphatic rings. The molecule has 0 spiro atoms. The lowest BCUT2D eigenvalue weighted by molar-refractivity contribution is -0.0365. The van der Waals surface area contributed by atoms with Crippen LogP contribution in [0.1, 0.15) is 59.6 Å². The minimum atomic E-state index is -3.96. The van der Waals surface area contributed by atoms with E-state index in [0.717, 1.165) is 53.8 Å². The summed E-state index contributed by atoms with van der Waals surface area (Å²) in [7, 11) is -5.98. The summed E-state index contributed by atoms with van der Waals surface area (Å²) in [6.07, 6.45) is 6.90. The zero-order valence-electron chi connectivity index (χ0n) is 25.7. The average Bonchev–Trinajstić information content (AvgIpc) is 3.52. The second-order valence-electron chi connectivity index (χ2n) is 12.5. The molecule has 0 bridgehead atoms. The van der Waals surface area contributed by atoms with E-state index in [1.807, 2.05) is 34.7 Å². The normalized spacial score (nSPS) is 17.5. The number of hydrogen-bond donors (Lipinski definition) is 1. The fraction of sp³-hybridized carbons (Fsp3) is 0.655. The summed E-state index contributed by atoms with van der Waals surface area (Å²) in [5.74, 6) is 0.546. The van der Waals surface area contributed by atoms with Crippen LogP contribution in [-0.4, -0.2) is 79.1 Å². The van der Waals surface area contributed by atoms with Gasteiger partial charge < -0.3 is 18.6 Å². The summed E-state index contributed by atoms with van der Waals surface area (Å²) in [5, 5.41) is 10.7. The van der Waals surface area contributed by atoms with Gasteiger partial charge >= 0.3 is 0 Å². The molecule has 1 aliphatic heterocycles. The number of hydrogen-bond acceptors (Lipinski definition) is 8. The lowest BCUT2D eigenvalue weighted by atomic mass is 10.1. The molecule has 2 unspecified atom stereocenters. The van der Waals surface area contributed by atoms with Crippen LogP contribution in [0.2, 0.25) is 18.1 Å². The van der Waals surface area contributed by atoms with E-state index in [9.17, 15) is 8.42 Å². The molecular weight excluding hydrogens is 576 g/mol. The number of fused-ring (bicyclic) bond motifs is 1. The molecule has 4 rings (SSSR count). The Morgan fingerprint density at radius 3 is 2.69 bits per heavy atom. The van der Waals surface area contributed by atoms with E-state index < -0.39 is 18.4 Å². The largest absolute Gasteiger partial charge is 0.543 e. The highest BCUT2D eigenvalue weighted by Crippen LogP contribution is 2.39. The summed E-state index contributed by atoms with van der Waals surface area (Å²) in [5.41, 5.74) is 2.77. The Hall–Kier alpha value is -2.29. The van der Waals surface area contributed by atoms with Gasteiger partial charge in [-0.3, -0.25) is 9.23 Å². The summed E-state index contributed by atoms with van der Waals surface area (Å²) >= 11 is 0. The molecule has 234 valence electrons. The molecular formula is C29H46N4O7SSi. The number of benzene rings is 1. The van der Waals surface area contributed by atoms with E-state index >= 15 is 0 Å².